The van der Waals surface area contributed by atoms with E-state index in [0.29, 0.717) is 39.9 Å². The quantitative estimate of drug-likeness (QED) is 0.165. The first kappa shape index (κ1) is 30.5. The highest BCUT2D eigenvalue weighted by atomic mass is 79.9. The molecule has 0 aliphatic heterocycles. The van der Waals surface area contributed by atoms with Gasteiger partial charge in [0.2, 0.25) is 0 Å². The number of carbonyl (C=O) groups excluding carboxylic acids is 3. The van der Waals surface area contributed by atoms with Gasteiger partial charge in [0.1, 0.15) is 5.75 Å². The summed E-state index contributed by atoms with van der Waals surface area (Å²) >= 11 is 9.47. The Balaban J connectivity index is 1.50. The molecule has 0 radical (unpaired) electrons. The van der Waals surface area contributed by atoms with Crippen molar-refractivity contribution in [3.8, 4) is 17.2 Å². The molecule has 0 spiro atoms. The van der Waals surface area contributed by atoms with Crippen LogP contribution >= 0.6 is 27.5 Å². The van der Waals surface area contributed by atoms with Gasteiger partial charge in [-0.2, -0.15) is 5.10 Å². The van der Waals surface area contributed by atoms with Crippen molar-refractivity contribution in [1.29, 1.82) is 0 Å². The van der Waals surface area contributed by atoms with Crippen LogP contribution < -0.4 is 30.3 Å². The van der Waals surface area contributed by atoms with Gasteiger partial charge in [0, 0.05) is 27.3 Å². The first-order chi connectivity index (χ1) is 19.2. The van der Waals surface area contributed by atoms with Crippen molar-refractivity contribution in [3.63, 3.8) is 0 Å². The van der Waals surface area contributed by atoms with Gasteiger partial charge in [0.25, 0.3) is 5.91 Å². The largest absolute Gasteiger partial charge is 0.493 e. The molecule has 3 amide bonds. The third kappa shape index (κ3) is 8.99. The Morgan fingerprint density at radius 2 is 1.70 bits per heavy atom. The minimum absolute atomic E-state index is 0.222. The fraction of sp³-hybridized carbons (Fsp3) is 0.214. The van der Waals surface area contributed by atoms with Gasteiger partial charge in [0.05, 0.1) is 20.4 Å². The zero-order valence-electron chi connectivity index (χ0n) is 22.0. The van der Waals surface area contributed by atoms with Crippen molar-refractivity contribution >= 4 is 57.2 Å². The second-order valence-corrected chi connectivity index (χ2v) is 9.72. The number of hydrogen-bond donors (Lipinski definition) is 3. The van der Waals surface area contributed by atoms with Gasteiger partial charge in [-0.1, -0.05) is 33.6 Å². The average molecular weight is 632 g/mol. The van der Waals surface area contributed by atoms with Gasteiger partial charge in [-0.25, -0.2) is 5.43 Å². The van der Waals surface area contributed by atoms with Crippen LogP contribution in [0.1, 0.15) is 16.7 Å². The Morgan fingerprint density at radius 3 is 2.42 bits per heavy atom. The molecule has 10 nitrogen and oxygen atoms in total. The summed E-state index contributed by atoms with van der Waals surface area (Å²) in [6.07, 6.45) is 1.74. The van der Waals surface area contributed by atoms with E-state index < -0.39 is 11.8 Å². The lowest BCUT2D eigenvalue weighted by Crippen LogP contribution is -2.38. The smallest absolute Gasteiger partial charge is 0.329 e. The lowest BCUT2D eigenvalue weighted by atomic mass is 10.1. The van der Waals surface area contributed by atoms with Crippen LogP contribution in [0.2, 0.25) is 5.02 Å². The molecule has 3 aromatic carbocycles. The molecule has 40 heavy (non-hydrogen) atoms. The summed E-state index contributed by atoms with van der Waals surface area (Å²) < 4.78 is 17.0. The number of nitrogens with zero attached hydrogens (tertiary/aromatic N) is 1. The maximum Gasteiger partial charge on any atom is 0.329 e. The van der Waals surface area contributed by atoms with Crippen LogP contribution in [0.25, 0.3) is 0 Å². The van der Waals surface area contributed by atoms with Crippen LogP contribution in [0.5, 0.6) is 17.2 Å². The third-order valence-electron chi connectivity index (χ3n) is 5.52. The number of hydrazone groups is 1. The summed E-state index contributed by atoms with van der Waals surface area (Å²) in [6, 6.07) is 15.6. The van der Waals surface area contributed by atoms with Crippen LogP contribution in [0.15, 0.2) is 64.2 Å². The molecule has 0 saturated heterocycles. The number of halogens is 2. The lowest BCUT2D eigenvalue weighted by Gasteiger charge is -2.11. The van der Waals surface area contributed by atoms with Crippen molar-refractivity contribution in [2.75, 3.05) is 32.7 Å². The number of ether oxygens (including phenoxy) is 3. The first-order valence-corrected chi connectivity index (χ1v) is 13.2. The highest BCUT2D eigenvalue weighted by molar-refractivity contribution is 9.10. The number of carbonyl (C=O) groups is 3. The number of nitrogens with one attached hydrogen (secondary N) is 3. The number of hydrogen-bond acceptors (Lipinski definition) is 7. The van der Waals surface area contributed by atoms with E-state index in [1.807, 2.05) is 25.1 Å². The number of amides is 3. The molecule has 0 fully saturated rings. The molecule has 12 heteroatoms. The highest BCUT2D eigenvalue weighted by Crippen LogP contribution is 2.27. The normalized spacial score (nSPS) is 10.6. The molecule has 0 aromatic heterocycles. The summed E-state index contributed by atoms with van der Waals surface area (Å²) in [6.45, 7) is 1.83. The van der Waals surface area contributed by atoms with Gasteiger partial charge in [-0.15, -0.1) is 0 Å². The molecule has 0 heterocycles. The van der Waals surface area contributed by atoms with Gasteiger partial charge in [-0.3, -0.25) is 14.4 Å². The summed E-state index contributed by atoms with van der Waals surface area (Å²) in [7, 11) is 3.08. The van der Waals surface area contributed by atoms with E-state index in [9.17, 15) is 14.4 Å². The van der Waals surface area contributed by atoms with E-state index in [2.05, 4.69) is 37.1 Å². The maximum atomic E-state index is 12.4. The summed E-state index contributed by atoms with van der Waals surface area (Å²) in [5.74, 6) is -0.675. The predicted molar refractivity (Wildman–Crippen MR) is 156 cm³/mol. The minimum atomic E-state index is -0.947. The summed E-state index contributed by atoms with van der Waals surface area (Å²) in [4.78, 5) is 36.7. The van der Waals surface area contributed by atoms with Crippen molar-refractivity contribution in [3.05, 3.63) is 80.8 Å². The zero-order chi connectivity index (χ0) is 29.1. The van der Waals surface area contributed by atoms with Crippen LogP contribution in [-0.4, -0.2) is 51.3 Å². The topological polar surface area (TPSA) is 127 Å². The van der Waals surface area contributed by atoms with Crippen molar-refractivity contribution in [2.45, 2.75) is 13.3 Å². The molecule has 3 rings (SSSR count). The number of rotatable bonds is 11. The Hall–Kier alpha value is -4.09. The minimum Gasteiger partial charge on any atom is -0.493 e. The zero-order valence-corrected chi connectivity index (χ0v) is 24.4. The second kappa shape index (κ2) is 14.9. The van der Waals surface area contributed by atoms with E-state index in [4.69, 9.17) is 25.8 Å². The molecule has 3 N–H and O–H groups in total. The van der Waals surface area contributed by atoms with Crippen molar-refractivity contribution in [1.82, 2.24) is 10.7 Å². The Kier molecular flexibility index (Phi) is 11.3. The molecule has 0 bridgehead atoms. The maximum absolute atomic E-state index is 12.4. The lowest BCUT2D eigenvalue weighted by molar-refractivity contribution is -0.139. The molecule has 0 saturated carbocycles. The van der Waals surface area contributed by atoms with Crippen molar-refractivity contribution < 1.29 is 28.6 Å². The monoisotopic (exact) mass is 630 g/mol. The standard InChI is InChI=1S/C28H28BrClN4O6/c1-17-12-20(29)5-7-22(17)33-26(35)16-40-23-9-6-21(30)14-19(23)15-32-34-28(37)27(36)31-11-10-18-4-8-24(38-2)25(13-18)39-3/h4-9,12-15H,10-11,16H2,1-3H3,(H,31,36)(H,33,35)(H,34,37)/b32-15-. The van der Waals surface area contributed by atoms with Crippen LogP contribution in [0.4, 0.5) is 5.69 Å². The number of aryl methyl sites for hydroxylation is 1. The molecule has 3 aromatic rings. The van der Waals surface area contributed by atoms with Crippen molar-refractivity contribution in [2.24, 2.45) is 5.10 Å². The molecule has 0 aliphatic carbocycles. The van der Waals surface area contributed by atoms with Crippen LogP contribution in [0, 0.1) is 6.92 Å². The Bertz CT molecular complexity index is 1420. The fourth-order valence-electron chi connectivity index (χ4n) is 3.50. The molecule has 0 atom stereocenters. The summed E-state index contributed by atoms with van der Waals surface area (Å²) in [5, 5.41) is 9.54. The molecule has 210 valence electrons. The number of methoxy groups -OCH3 is 2. The van der Waals surface area contributed by atoms with E-state index in [1.165, 1.54) is 13.3 Å². The first-order valence-electron chi connectivity index (χ1n) is 12.0. The third-order valence-corrected chi connectivity index (χ3v) is 6.24. The van der Waals surface area contributed by atoms with E-state index in [1.54, 1.807) is 43.5 Å². The SMILES string of the molecule is COc1ccc(CCNC(=O)C(=O)N/N=C\c2cc(Cl)ccc2OCC(=O)Nc2ccc(Br)cc2C)cc1OC. The van der Waals surface area contributed by atoms with Gasteiger partial charge in [-0.05, 0) is 73.0 Å². The van der Waals surface area contributed by atoms with E-state index in [0.717, 1.165) is 15.6 Å². The Morgan fingerprint density at radius 1 is 0.950 bits per heavy atom. The van der Waals surface area contributed by atoms with E-state index in [-0.39, 0.29) is 19.1 Å². The number of benzene rings is 3. The summed E-state index contributed by atoms with van der Waals surface area (Å²) in [5.41, 5.74) is 5.02. The second-order valence-electron chi connectivity index (χ2n) is 8.37. The predicted octanol–water partition coefficient (Wildman–Crippen LogP) is 4.25. The van der Waals surface area contributed by atoms with Gasteiger partial charge in [0.15, 0.2) is 18.1 Å². The number of anilines is 1. The fourth-order valence-corrected chi connectivity index (χ4v) is 4.15. The van der Waals surface area contributed by atoms with E-state index >= 15 is 0 Å². The van der Waals surface area contributed by atoms with Crippen LogP contribution in [-0.2, 0) is 20.8 Å². The molecular weight excluding hydrogens is 604 g/mol. The Labute approximate surface area is 245 Å². The van der Waals surface area contributed by atoms with Crippen LogP contribution in [0.3, 0.4) is 0 Å². The highest BCUT2D eigenvalue weighted by Gasteiger charge is 2.13. The average Bonchev–Trinajstić information content (AvgIpc) is 2.93. The van der Waals surface area contributed by atoms with Gasteiger partial charge >= 0.3 is 11.8 Å². The van der Waals surface area contributed by atoms with Gasteiger partial charge < -0.3 is 24.8 Å². The molecular formula is C28H28BrClN4O6. The molecule has 0 unspecified atom stereocenters. The molecule has 0 aliphatic rings.